The third-order valence-corrected chi connectivity index (χ3v) is 5.93. The van der Waals surface area contributed by atoms with Gasteiger partial charge in [0.15, 0.2) is 0 Å². The lowest BCUT2D eigenvalue weighted by atomic mass is 10.0. The van der Waals surface area contributed by atoms with Crippen LogP contribution in [0, 0.1) is 11.8 Å². The van der Waals surface area contributed by atoms with Gasteiger partial charge in [-0.3, -0.25) is 4.68 Å². The Kier molecular flexibility index (Phi) is 3.10. The van der Waals surface area contributed by atoms with E-state index in [-0.39, 0.29) is 0 Å². The zero-order chi connectivity index (χ0) is 14.6. The van der Waals surface area contributed by atoms with Crippen LogP contribution >= 0.6 is 15.9 Å². The summed E-state index contributed by atoms with van der Waals surface area (Å²) in [5, 5.41) is 4.78. The van der Waals surface area contributed by atoms with Gasteiger partial charge in [0.05, 0.1) is 5.69 Å². The molecule has 0 amide bonds. The lowest BCUT2D eigenvalue weighted by molar-refractivity contribution is 0.480. The predicted molar refractivity (Wildman–Crippen MR) is 88.9 cm³/mol. The Labute approximate surface area is 133 Å². The van der Waals surface area contributed by atoms with E-state index in [0.29, 0.717) is 5.92 Å². The second kappa shape index (κ2) is 4.87. The summed E-state index contributed by atoms with van der Waals surface area (Å²) >= 11 is 3.66. The van der Waals surface area contributed by atoms with Crippen LogP contribution in [-0.4, -0.2) is 9.78 Å². The molecular weight excluding hydrogens is 326 g/mol. The van der Waals surface area contributed by atoms with E-state index >= 15 is 0 Å². The summed E-state index contributed by atoms with van der Waals surface area (Å²) in [5.74, 6) is 3.09. The van der Waals surface area contributed by atoms with E-state index in [1.165, 1.54) is 36.9 Å². The highest BCUT2D eigenvalue weighted by molar-refractivity contribution is 9.10. The molecule has 0 spiro atoms. The number of fused-ring (bicyclic) bond motifs is 1. The number of rotatable bonds is 2. The second-order valence-corrected chi connectivity index (χ2v) is 7.24. The summed E-state index contributed by atoms with van der Waals surface area (Å²) in [6, 6.07) is 8.31. The molecule has 0 aliphatic heterocycles. The Morgan fingerprint density at radius 1 is 1.19 bits per heavy atom. The van der Waals surface area contributed by atoms with Crippen LogP contribution in [0.5, 0.6) is 0 Å². The summed E-state index contributed by atoms with van der Waals surface area (Å²) in [6.07, 6.45) is 5.48. The van der Waals surface area contributed by atoms with Gasteiger partial charge in [0.2, 0.25) is 0 Å². The average Bonchev–Trinajstić information content (AvgIpc) is 3.15. The number of benzene rings is 1. The van der Waals surface area contributed by atoms with Gasteiger partial charge in [0.1, 0.15) is 5.82 Å². The van der Waals surface area contributed by atoms with Gasteiger partial charge in [-0.1, -0.05) is 47.0 Å². The quantitative estimate of drug-likeness (QED) is 0.879. The summed E-state index contributed by atoms with van der Waals surface area (Å²) in [6.45, 7) is 0. The van der Waals surface area contributed by atoms with Gasteiger partial charge in [-0.2, -0.15) is 5.10 Å². The van der Waals surface area contributed by atoms with Crippen molar-refractivity contribution in [2.24, 2.45) is 18.9 Å². The number of nitrogens with zero attached hydrogens (tertiary/aromatic N) is 2. The number of nitrogen functional groups attached to an aromatic ring is 1. The van der Waals surface area contributed by atoms with E-state index in [1.807, 2.05) is 17.8 Å². The maximum atomic E-state index is 6.34. The minimum atomic E-state index is 0.623. The van der Waals surface area contributed by atoms with Crippen LogP contribution in [0.3, 0.4) is 0 Å². The molecule has 4 heteroatoms. The molecule has 1 aromatic heterocycles. The van der Waals surface area contributed by atoms with Gasteiger partial charge < -0.3 is 5.73 Å². The van der Waals surface area contributed by atoms with Crippen LogP contribution in [0.2, 0.25) is 0 Å². The second-order valence-electron chi connectivity index (χ2n) is 6.39. The average molecular weight is 346 g/mol. The molecule has 4 rings (SSSR count). The number of hydrogen-bond acceptors (Lipinski definition) is 2. The maximum absolute atomic E-state index is 6.34. The third-order valence-electron chi connectivity index (χ3n) is 5.23. The normalized spacial score (nSPS) is 27.4. The van der Waals surface area contributed by atoms with Gasteiger partial charge in [0.25, 0.3) is 0 Å². The first kappa shape index (κ1) is 13.4. The molecule has 0 bridgehead atoms. The first-order valence-corrected chi connectivity index (χ1v) is 8.55. The van der Waals surface area contributed by atoms with E-state index in [2.05, 4.69) is 34.1 Å². The molecule has 2 aromatic rings. The Morgan fingerprint density at radius 3 is 2.52 bits per heavy atom. The molecule has 2 atom stereocenters. The number of hydrogen-bond donors (Lipinski definition) is 1. The molecule has 2 unspecified atom stereocenters. The standard InChI is InChI=1S/C17H20BrN3/c1-21-17(19)15(12-8-4-5-9-13(12)18)16(20-21)14-10-6-2-3-7-11(10)14/h4-5,8-11,14H,2-3,6-7,19H2,1H3. The van der Waals surface area contributed by atoms with Crippen molar-refractivity contribution in [3.05, 3.63) is 34.4 Å². The molecule has 0 saturated heterocycles. The Balaban J connectivity index is 1.82. The number of nitrogens with two attached hydrogens (primary N) is 1. The fraction of sp³-hybridized carbons (Fsp3) is 0.471. The molecule has 2 fully saturated rings. The molecule has 3 nitrogen and oxygen atoms in total. The van der Waals surface area contributed by atoms with Crippen molar-refractivity contribution < 1.29 is 0 Å². The first-order chi connectivity index (χ1) is 10.2. The fourth-order valence-corrected chi connectivity index (χ4v) is 4.61. The molecular formula is C17H20BrN3. The molecule has 110 valence electrons. The fourth-order valence-electron chi connectivity index (χ4n) is 4.13. The lowest BCUT2D eigenvalue weighted by Crippen LogP contribution is -1.98. The van der Waals surface area contributed by atoms with Crippen molar-refractivity contribution in [1.29, 1.82) is 0 Å². The van der Waals surface area contributed by atoms with E-state index in [0.717, 1.165) is 27.7 Å². The van der Waals surface area contributed by atoms with Gasteiger partial charge >= 0.3 is 0 Å². The van der Waals surface area contributed by atoms with Crippen LogP contribution in [-0.2, 0) is 7.05 Å². The topological polar surface area (TPSA) is 43.8 Å². The molecule has 0 radical (unpaired) electrons. The summed E-state index contributed by atoms with van der Waals surface area (Å²) in [5.41, 5.74) is 9.87. The zero-order valence-corrected chi connectivity index (χ0v) is 13.8. The molecule has 2 N–H and O–H groups in total. The van der Waals surface area contributed by atoms with Crippen LogP contribution in [0.15, 0.2) is 28.7 Å². The van der Waals surface area contributed by atoms with E-state index in [9.17, 15) is 0 Å². The number of anilines is 1. The molecule has 1 heterocycles. The van der Waals surface area contributed by atoms with Gasteiger partial charge in [0, 0.05) is 28.6 Å². The molecule has 2 saturated carbocycles. The van der Waals surface area contributed by atoms with E-state index in [1.54, 1.807) is 0 Å². The van der Waals surface area contributed by atoms with Crippen molar-refractivity contribution in [1.82, 2.24) is 9.78 Å². The van der Waals surface area contributed by atoms with Gasteiger partial charge in [-0.05, 0) is 30.7 Å². The van der Waals surface area contributed by atoms with Crippen molar-refractivity contribution in [2.75, 3.05) is 5.73 Å². The summed E-state index contributed by atoms with van der Waals surface area (Å²) in [7, 11) is 1.95. The smallest absolute Gasteiger partial charge is 0.129 e. The number of halogens is 1. The largest absolute Gasteiger partial charge is 0.383 e. The van der Waals surface area contributed by atoms with Crippen LogP contribution < -0.4 is 5.73 Å². The number of aryl methyl sites for hydroxylation is 1. The lowest BCUT2D eigenvalue weighted by Gasteiger charge is -2.06. The minimum absolute atomic E-state index is 0.623. The van der Waals surface area contributed by atoms with Crippen molar-refractivity contribution in [3.8, 4) is 11.1 Å². The Hall–Kier alpha value is -1.29. The highest BCUT2D eigenvalue weighted by atomic mass is 79.9. The predicted octanol–water partition coefficient (Wildman–Crippen LogP) is 4.34. The highest BCUT2D eigenvalue weighted by Crippen LogP contribution is 2.62. The Bertz CT molecular complexity index is 679. The van der Waals surface area contributed by atoms with Crippen molar-refractivity contribution >= 4 is 21.7 Å². The maximum Gasteiger partial charge on any atom is 0.129 e. The molecule has 2 aliphatic carbocycles. The van der Waals surface area contributed by atoms with Crippen LogP contribution in [0.4, 0.5) is 5.82 Å². The molecule has 2 aliphatic rings. The Morgan fingerprint density at radius 2 is 1.86 bits per heavy atom. The zero-order valence-electron chi connectivity index (χ0n) is 12.2. The first-order valence-electron chi connectivity index (χ1n) is 7.75. The van der Waals surface area contributed by atoms with E-state index < -0.39 is 0 Å². The highest BCUT2D eigenvalue weighted by Gasteiger charge is 2.53. The summed E-state index contributed by atoms with van der Waals surface area (Å²) in [4.78, 5) is 0. The van der Waals surface area contributed by atoms with Crippen molar-refractivity contribution in [3.63, 3.8) is 0 Å². The van der Waals surface area contributed by atoms with Crippen molar-refractivity contribution in [2.45, 2.75) is 31.6 Å². The van der Waals surface area contributed by atoms with E-state index in [4.69, 9.17) is 10.8 Å². The summed E-state index contributed by atoms with van der Waals surface area (Å²) < 4.78 is 2.93. The SMILES string of the molecule is Cn1nc(C2C3CCCCC32)c(-c2ccccc2Br)c1N. The molecule has 1 aromatic carbocycles. The third kappa shape index (κ3) is 2.03. The van der Waals surface area contributed by atoms with Crippen LogP contribution in [0.1, 0.15) is 37.3 Å². The monoisotopic (exact) mass is 345 g/mol. The molecule has 21 heavy (non-hydrogen) atoms. The van der Waals surface area contributed by atoms with Gasteiger partial charge in [-0.25, -0.2) is 0 Å². The number of aromatic nitrogens is 2. The minimum Gasteiger partial charge on any atom is -0.383 e. The van der Waals surface area contributed by atoms with Crippen LogP contribution in [0.25, 0.3) is 11.1 Å². The van der Waals surface area contributed by atoms with Gasteiger partial charge in [-0.15, -0.1) is 0 Å².